The molecule has 5 aliphatic rings. The van der Waals surface area contributed by atoms with Crippen molar-refractivity contribution in [3.05, 3.63) is 131 Å². The van der Waals surface area contributed by atoms with Gasteiger partial charge in [-0.2, -0.15) is 0 Å². The Morgan fingerprint density at radius 1 is 0.785 bits per heavy atom. The van der Waals surface area contributed by atoms with Crippen LogP contribution in [0.3, 0.4) is 0 Å². The average molecular weight is 915 g/mol. The van der Waals surface area contributed by atoms with Crippen LogP contribution in [-0.4, -0.2) is 114 Å². The number of ether oxygens (including phenoxy) is 2. The van der Waals surface area contributed by atoms with Crippen LogP contribution < -0.4 is 30.7 Å². The second kappa shape index (κ2) is 19.3. The van der Waals surface area contributed by atoms with Crippen LogP contribution >= 0.6 is 21.6 Å². The third-order valence-electron chi connectivity index (χ3n) is 13.4. The fourth-order valence-electron chi connectivity index (χ4n) is 9.73. The second-order valence-corrected chi connectivity index (χ2v) is 20.7. The molecule has 0 saturated carbocycles. The lowest BCUT2D eigenvalue weighted by molar-refractivity contribution is -0.000275. The summed E-state index contributed by atoms with van der Waals surface area (Å²) in [7, 11) is 9.33. The number of carbonyl (C=O) groups is 2. The van der Waals surface area contributed by atoms with E-state index < -0.39 is 22.3 Å². The van der Waals surface area contributed by atoms with Crippen LogP contribution in [0, 0.1) is 0 Å². The predicted octanol–water partition coefficient (Wildman–Crippen LogP) is 7.96. The topological polar surface area (TPSA) is 123 Å². The summed E-state index contributed by atoms with van der Waals surface area (Å²) in [6.07, 6.45) is 19.1. The Bertz CT molecular complexity index is 2440. The van der Waals surface area contributed by atoms with Crippen LogP contribution in [0.25, 0.3) is 0 Å². The highest BCUT2D eigenvalue weighted by atomic mass is 33.1. The lowest BCUT2D eigenvalue weighted by atomic mass is 9.77. The Labute approximate surface area is 392 Å². The molecule has 8 rings (SSSR count). The van der Waals surface area contributed by atoms with Crippen molar-refractivity contribution in [1.82, 2.24) is 16.0 Å². The molecule has 2 amide bonds. The Morgan fingerprint density at radius 2 is 1.32 bits per heavy atom. The van der Waals surface area contributed by atoms with Crippen molar-refractivity contribution in [3.63, 3.8) is 0 Å². The maximum atomic E-state index is 13.4. The van der Waals surface area contributed by atoms with Gasteiger partial charge in [-0.3, -0.25) is 19.6 Å². The summed E-state index contributed by atoms with van der Waals surface area (Å²) >= 11 is 0. The van der Waals surface area contributed by atoms with Gasteiger partial charge in [0.1, 0.15) is 0 Å². The first-order valence-electron chi connectivity index (χ1n) is 22.5. The number of anilines is 3. The molecule has 0 aromatic heterocycles. The number of likely N-dealkylation sites (N-methyl/N-ethyl adjacent to an activating group) is 1. The fraction of sp³-hybridized carbons (Fsp3) is 0.412. The first kappa shape index (κ1) is 46.3. The molecule has 3 aromatic rings. The number of benzene rings is 3. The minimum atomic E-state index is -0.677. The zero-order valence-electron chi connectivity index (χ0n) is 38.6. The number of fused-ring (bicyclic) bond motifs is 6. The molecule has 1 aliphatic carbocycles. The smallest absolute Gasteiger partial charge is 0.251 e. The van der Waals surface area contributed by atoms with Gasteiger partial charge in [0.25, 0.3) is 11.8 Å². The maximum absolute atomic E-state index is 13.4. The first-order valence-corrected chi connectivity index (χ1v) is 25.0. The van der Waals surface area contributed by atoms with Gasteiger partial charge in [0.2, 0.25) is 0 Å². The molecule has 0 radical (unpaired) electrons. The molecule has 2 fully saturated rings. The number of allylic oxidation sites excluding steroid dienone is 3. The summed E-state index contributed by atoms with van der Waals surface area (Å²) in [5.74, 6) is 1.29. The molecule has 342 valence electrons. The molecule has 4 heterocycles. The van der Waals surface area contributed by atoms with Gasteiger partial charge < -0.3 is 40.1 Å². The van der Waals surface area contributed by atoms with Gasteiger partial charge in [0, 0.05) is 116 Å². The van der Waals surface area contributed by atoms with Crippen molar-refractivity contribution in [2.24, 2.45) is 9.98 Å². The van der Waals surface area contributed by atoms with E-state index in [9.17, 15) is 9.59 Å². The van der Waals surface area contributed by atoms with Crippen LogP contribution in [0.2, 0.25) is 0 Å². The zero-order valence-corrected chi connectivity index (χ0v) is 40.2. The van der Waals surface area contributed by atoms with Crippen molar-refractivity contribution in [3.8, 4) is 0 Å². The van der Waals surface area contributed by atoms with E-state index in [4.69, 9.17) is 14.5 Å². The molecule has 65 heavy (non-hydrogen) atoms. The van der Waals surface area contributed by atoms with Crippen LogP contribution in [0.1, 0.15) is 66.0 Å². The van der Waals surface area contributed by atoms with Gasteiger partial charge in [0.15, 0.2) is 11.4 Å². The number of nitrogens with one attached hydrogen (secondary N) is 3. The van der Waals surface area contributed by atoms with E-state index in [0.717, 1.165) is 70.6 Å². The third-order valence-corrected chi connectivity index (χ3v) is 15.8. The summed E-state index contributed by atoms with van der Waals surface area (Å²) in [6.45, 7) is 12.6. The van der Waals surface area contributed by atoms with Crippen molar-refractivity contribution in [2.45, 2.75) is 62.4 Å². The van der Waals surface area contributed by atoms with Crippen LogP contribution in [0.4, 0.5) is 22.7 Å². The number of rotatable bonds is 17. The Balaban J connectivity index is 0.780. The van der Waals surface area contributed by atoms with Crippen molar-refractivity contribution in [2.75, 3.05) is 86.7 Å². The molecule has 3 aromatic carbocycles. The lowest BCUT2D eigenvalue weighted by Gasteiger charge is -2.39. The van der Waals surface area contributed by atoms with Gasteiger partial charge in [-0.25, -0.2) is 0 Å². The normalized spacial score (nSPS) is 23.6. The third kappa shape index (κ3) is 8.90. The quantitative estimate of drug-likeness (QED) is 0.0699. The molecule has 4 aliphatic heterocycles. The minimum absolute atomic E-state index is 0.0931. The first-order chi connectivity index (χ1) is 31.3. The highest BCUT2D eigenvalue weighted by molar-refractivity contribution is 8.76. The van der Waals surface area contributed by atoms with Gasteiger partial charge >= 0.3 is 0 Å². The monoisotopic (exact) mass is 914 g/mol. The van der Waals surface area contributed by atoms with E-state index in [1.807, 2.05) is 82.1 Å². The highest BCUT2D eigenvalue weighted by Gasteiger charge is 2.60. The molecule has 3 atom stereocenters. The molecular formula is C51H62N8O4S2. The molecular weight excluding hydrogens is 853 g/mol. The number of hydrogen-bond acceptors (Lipinski definition) is 12. The van der Waals surface area contributed by atoms with Gasteiger partial charge in [0.05, 0.1) is 24.9 Å². The molecule has 0 bridgehead atoms. The number of nitrogens with zero attached hydrogens (tertiary/aromatic N) is 5. The van der Waals surface area contributed by atoms with Crippen molar-refractivity contribution < 1.29 is 19.1 Å². The van der Waals surface area contributed by atoms with Crippen LogP contribution in [0.5, 0.6) is 0 Å². The molecule has 3 N–H and O–H groups in total. The van der Waals surface area contributed by atoms with E-state index in [1.165, 1.54) is 0 Å². The van der Waals surface area contributed by atoms with E-state index in [1.54, 1.807) is 21.6 Å². The Kier molecular flexibility index (Phi) is 13.7. The molecule has 3 unspecified atom stereocenters. The van der Waals surface area contributed by atoms with Gasteiger partial charge in [-0.1, -0.05) is 61.4 Å². The summed E-state index contributed by atoms with van der Waals surface area (Å²) in [5, 5.41) is 9.37. The summed E-state index contributed by atoms with van der Waals surface area (Å²) in [6, 6.07) is 20.2. The molecule has 14 heteroatoms. The van der Waals surface area contributed by atoms with Crippen molar-refractivity contribution in [1.29, 1.82) is 0 Å². The summed E-state index contributed by atoms with van der Waals surface area (Å²) < 4.78 is 13.0. The Hall–Kier alpha value is -5.28. The minimum Gasteiger partial charge on any atom is -0.388 e. The van der Waals surface area contributed by atoms with E-state index in [-0.39, 0.29) is 17.9 Å². The zero-order chi connectivity index (χ0) is 45.8. The molecule has 2 saturated heterocycles. The van der Waals surface area contributed by atoms with Crippen LogP contribution in [-0.2, 0) is 20.3 Å². The molecule has 0 spiro atoms. The number of hydrogen-bond donors (Lipinski definition) is 3. The molecule has 12 nitrogen and oxygen atoms in total. The van der Waals surface area contributed by atoms with Crippen LogP contribution in [0.15, 0.2) is 119 Å². The van der Waals surface area contributed by atoms with E-state index in [0.29, 0.717) is 37.4 Å². The maximum Gasteiger partial charge on any atom is 0.251 e. The predicted molar refractivity (Wildman–Crippen MR) is 271 cm³/mol. The summed E-state index contributed by atoms with van der Waals surface area (Å²) in [4.78, 5) is 42.8. The van der Waals surface area contributed by atoms with E-state index >= 15 is 0 Å². The van der Waals surface area contributed by atoms with Gasteiger partial charge in [-0.15, -0.1) is 0 Å². The largest absolute Gasteiger partial charge is 0.388 e. The number of aliphatic imine (C=N–C) groups is 2. The lowest BCUT2D eigenvalue weighted by Crippen LogP contribution is -2.51. The van der Waals surface area contributed by atoms with Gasteiger partial charge in [-0.05, 0) is 109 Å². The van der Waals surface area contributed by atoms with E-state index in [2.05, 4.69) is 118 Å². The fourth-order valence-corrected chi connectivity index (χ4v) is 11.5. The summed E-state index contributed by atoms with van der Waals surface area (Å²) in [5.41, 5.74) is 6.61. The SMILES string of the molecule is CNC1=CCC(/N=C/C=C/C23OCCN2c2ccc(C(=O)NCCSSCCNC(=O)c4ccc5c(c4)C(C)(C)C4(/C=C/C=N/c6ccc(N(C)C)cc6)OCCN54)cc2C3(C)C)C=C1. The van der Waals surface area contributed by atoms with Crippen molar-refractivity contribution >= 4 is 68.6 Å². The second-order valence-electron chi connectivity index (χ2n) is 18.0. The number of carbonyl (C=O) groups excluding carboxylic acids is 2. The Morgan fingerprint density at radius 3 is 1.82 bits per heavy atom. The highest BCUT2D eigenvalue weighted by Crippen LogP contribution is 2.56. The standard InChI is InChI=1S/C51H62N8O4S2/c1-48(2)42-34-36(10-20-44(42)58-28-30-62-50(48,58)22-8-24-53-39-14-12-38(52-5)13-15-39)46(60)55-26-32-64-65-33-27-56-47(61)37-11-21-45-43(35-37)49(3,4)51(59(45)29-31-63-51)23-9-25-54-40-16-18-41(19-17-40)57(6)7/h8-14,16-25,34-35,39,52H,15,26-33H2,1-7H3,(H,55,60)(H,56,61)/b22-8+,23-9+,53-24+,54-25+. The number of amides is 2. The average Bonchev–Trinajstić information content (AvgIpc) is 4.03.